The van der Waals surface area contributed by atoms with E-state index in [9.17, 15) is 17.2 Å². The maximum Gasteiger partial charge on any atom is 0.175 e. The molecule has 8 heteroatoms. The first kappa shape index (κ1) is 23.1. The average Bonchev–Trinajstić information content (AvgIpc) is 3.11. The van der Waals surface area contributed by atoms with Gasteiger partial charge in [0.05, 0.1) is 16.8 Å². The van der Waals surface area contributed by atoms with Crippen LogP contribution in [0.15, 0.2) is 29.3 Å². The molecule has 32 heavy (non-hydrogen) atoms. The fraction of sp³-hybridized carbons (Fsp3) is 0.542. The highest BCUT2D eigenvalue weighted by atomic mass is 32.2. The zero-order valence-corrected chi connectivity index (χ0v) is 19.8. The van der Waals surface area contributed by atoms with E-state index in [0.717, 1.165) is 49.9 Å². The molecule has 0 N–H and O–H groups in total. The summed E-state index contributed by atoms with van der Waals surface area (Å²) in [4.78, 5) is 6.54. The van der Waals surface area contributed by atoms with Crippen LogP contribution in [0.3, 0.4) is 0 Å². The molecular formula is C24H30F2N2O3S. The van der Waals surface area contributed by atoms with Gasteiger partial charge in [0, 0.05) is 35.9 Å². The van der Waals surface area contributed by atoms with E-state index in [0.29, 0.717) is 18.2 Å². The molecule has 1 aromatic carbocycles. The SMILES string of the molecule is Cc1c(S(C)(=O)=O)ccc(-c2cc3c(cn2)OC(C2CCN(CC(C)(C)F)CC2)C3)c1F. The van der Waals surface area contributed by atoms with Gasteiger partial charge in [0.2, 0.25) is 0 Å². The summed E-state index contributed by atoms with van der Waals surface area (Å²) >= 11 is 0. The Morgan fingerprint density at radius 1 is 1.25 bits per heavy atom. The number of halogens is 2. The highest BCUT2D eigenvalue weighted by Crippen LogP contribution is 2.37. The van der Waals surface area contributed by atoms with Crippen molar-refractivity contribution in [3.05, 3.63) is 41.3 Å². The lowest BCUT2D eigenvalue weighted by Gasteiger charge is -2.36. The van der Waals surface area contributed by atoms with Crippen LogP contribution >= 0.6 is 0 Å². The van der Waals surface area contributed by atoms with Gasteiger partial charge in [0.15, 0.2) is 9.84 Å². The van der Waals surface area contributed by atoms with E-state index >= 15 is 0 Å². The van der Waals surface area contributed by atoms with Crippen LogP contribution in [-0.2, 0) is 16.3 Å². The highest BCUT2D eigenvalue weighted by molar-refractivity contribution is 7.90. The van der Waals surface area contributed by atoms with Crippen LogP contribution in [0, 0.1) is 18.7 Å². The van der Waals surface area contributed by atoms with Gasteiger partial charge in [-0.05, 0) is 70.8 Å². The molecule has 0 bridgehead atoms. The Balaban J connectivity index is 1.48. The van der Waals surface area contributed by atoms with E-state index < -0.39 is 21.3 Å². The number of ether oxygens (including phenoxy) is 1. The molecule has 1 unspecified atom stereocenters. The second-order valence-electron chi connectivity index (χ2n) is 9.69. The standard InChI is InChI=1S/C24H30F2N2O3S/c1-15-22(32(4,29)30)6-5-18(23(15)25)19-11-17-12-20(31-21(17)13-27-19)16-7-9-28(10-8-16)14-24(2,3)26/h5-6,11,13,16,20H,7-10,12,14H2,1-4H3. The molecule has 1 atom stereocenters. The summed E-state index contributed by atoms with van der Waals surface area (Å²) in [5.41, 5.74) is 0.639. The zero-order valence-electron chi connectivity index (χ0n) is 19.0. The van der Waals surface area contributed by atoms with E-state index in [1.54, 1.807) is 20.0 Å². The van der Waals surface area contributed by atoms with Gasteiger partial charge in [0.1, 0.15) is 23.3 Å². The Morgan fingerprint density at radius 2 is 1.94 bits per heavy atom. The lowest BCUT2D eigenvalue weighted by molar-refractivity contribution is 0.0606. The number of rotatable bonds is 5. The number of nitrogens with zero attached hydrogens (tertiary/aromatic N) is 2. The lowest BCUT2D eigenvalue weighted by atomic mass is 9.88. The third kappa shape index (κ3) is 4.81. The first-order valence-corrected chi connectivity index (χ1v) is 12.9. The summed E-state index contributed by atoms with van der Waals surface area (Å²) in [6.07, 6.45) is 5.38. The van der Waals surface area contributed by atoms with Crippen molar-refractivity contribution < 1.29 is 21.9 Å². The van der Waals surface area contributed by atoms with Crippen molar-refractivity contribution in [2.45, 2.75) is 56.7 Å². The molecule has 2 aliphatic rings. The van der Waals surface area contributed by atoms with Crippen LogP contribution in [0.4, 0.5) is 8.78 Å². The summed E-state index contributed by atoms with van der Waals surface area (Å²) in [6.45, 7) is 6.85. The molecule has 4 rings (SSSR count). The predicted molar refractivity (Wildman–Crippen MR) is 120 cm³/mol. The van der Waals surface area contributed by atoms with Gasteiger partial charge >= 0.3 is 0 Å². The Morgan fingerprint density at radius 3 is 2.56 bits per heavy atom. The molecule has 2 aromatic rings. The van der Waals surface area contributed by atoms with E-state index in [4.69, 9.17) is 4.74 Å². The van der Waals surface area contributed by atoms with Gasteiger partial charge in [-0.2, -0.15) is 0 Å². The summed E-state index contributed by atoms with van der Waals surface area (Å²) in [5.74, 6) is 0.535. The fourth-order valence-electron chi connectivity index (χ4n) is 4.86. The Kier molecular flexibility index (Phi) is 6.05. The lowest BCUT2D eigenvalue weighted by Crippen LogP contribution is -2.43. The minimum absolute atomic E-state index is 0.00852. The molecule has 3 heterocycles. The van der Waals surface area contributed by atoms with Gasteiger partial charge < -0.3 is 9.64 Å². The molecule has 1 saturated heterocycles. The van der Waals surface area contributed by atoms with Crippen molar-refractivity contribution in [1.82, 2.24) is 9.88 Å². The number of benzene rings is 1. The van der Waals surface area contributed by atoms with E-state index in [2.05, 4.69) is 9.88 Å². The van der Waals surface area contributed by atoms with Crippen LogP contribution in [0.1, 0.15) is 37.8 Å². The number of likely N-dealkylation sites (tertiary alicyclic amines) is 1. The number of alkyl halides is 1. The monoisotopic (exact) mass is 464 g/mol. The van der Waals surface area contributed by atoms with Crippen LogP contribution in [0.25, 0.3) is 11.3 Å². The predicted octanol–water partition coefficient (Wildman–Crippen LogP) is 4.36. The van der Waals surface area contributed by atoms with Crippen molar-refractivity contribution in [3.63, 3.8) is 0 Å². The molecule has 174 valence electrons. The fourth-order valence-corrected chi connectivity index (χ4v) is 5.82. The number of pyridine rings is 1. The molecule has 2 aliphatic heterocycles. The first-order chi connectivity index (χ1) is 14.9. The largest absolute Gasteiger partial charge is 0.488 e. The van der Waals surface area contributed by atoms with Gasteiger partial charge in [-0.15, -0.1) is 0 Å². The second-order valence-corrected chi connectivity index (χ2v) is 11.7. The van der Waals surface area contributed by atoms with Crippen LogP contribution in [-0.4, -0.2) is 56.0 Å². The topological polar surface area (TPSA) is 59.5 Å². The van der Waals surface area contributed by atoms with Crippen molar-refractivity contribution in [3.8, 4) is 17.0 Å². The summed E-state index contributed by atoms with van der Waals surface area (Å²) in [6, 6.07) is 4.75. The maximum absolute atomic E-state index is 15.0. The number of hydrogen-bond donors (Lipinski definition) is 0. The molecule has 5 nitrogen and oxygen atoms in total. The summed E-state index contributed by atoms with van der Waals surface area (Å²) in [7, 11) is -3.50. The zero-order chi connectivity index (χ0) is 23.3. The van der Waals surface area contributed by atoms with Gasteiger partial charge in [0.25, 0.3) is 0 Å². The molecule has 1 aromatic heterocycles. The smallest absolute Gasteiger partial charge is 0.175 e. The first-order valence-electron chi connectivity index (χ1n) is 11.0. The molecule has 0 aliphatic carbocycles. The van der Waals surface area contributed by atoms with Crippen LogP contribution in [0.5, 0.6) is 5.75 Å². The van der Waals surface area contributed by atoms with Gasteiger partial charge in [-0.3, -0.25) is 4.98 Å². The summed E-state index contributed by atoms with van der Waals surface area (Å²) in [5, 5.41) is 0. The van der Waals surface area contributed by atoms with E-state index in [-0.39, 0.29) is 22.1 Å². The molecular weight excluding hydrogens is 434 g/mol. The number of aromatic nitrogens is 1. The molecule has 0 radical (unpaired) electrons. The molecule has 0 saturated carbocycles. The Hall–Kier alpha value is -2.06. The number of hydrogen-bond acceptors (Lipinski definition) is 5. The van der Waals surface area contributed by atoms with Crippen molar-refractivity contribution in [2.75, 3.05) is 25.9 Å². The van der Waals surface area contributed by atoms with Crippen molar-refractivity contribution in [2.24, 2.45) is 5.92 Å². The summed E-state index contributed by atoms with van der Waals surface area (Å²) < 4.78 is 58.8. The van der Waals surface area contributed by atoms with Gasteiger partial charge in [-0.1, -0.05) is 0 Å². The van der Waals surface area contributed by atoms with E-state index in [1.807, 2.05) is 6.07 Å². The molecule has 1 fully saturated rings. The number of piperidine rings is 1. The van der Waals surface area contributed by atoms with Crippen LogP contribution in [0.2, 0.25) is 0 Å². The third-order valence-electron chi connectivity index (χ3n) is 6.42. The second kappa shape index (κ2) is 8.37. The van der Waals surface area contributed by atoms with Crippen molar-refractivity contribution >= 4 is 9.84 Å². The molecule has 0 spiro atoms. The van der Waals surface area contributed by atoms with Gasteiger partial charge in [-0.25, -0.2) is 17.2 Å². The minimum Gasteiger partial charge on any atom is -0.488 e. The highest BCUT2D eigenvalue weighted by Gasteiger charge is 2.34. The minimum atomic E-state index is -3.50. The third-order valence-corrected chi connectivity index (χ3v) is 7.66. The van der Waals surface area contributed by atoms with Crippen LogP contribution < -0.4 is 4.74 Å². The van der Waals surface area contributed by atoms with E-state index in [1.165, 1.54) is 19.1 Å². The number of sulfone groups is 1. The normalized spacial score (nSPS) is 20.2. The Bertz CT molecular complexity index is 1120. The quantitative estimate of drug-likeness (QED) is 0.658. The average molecular weight is 465 g/mol. The number of fused-ring (bicyclic) bond motifs is 1. The van der Waals surface area contributed by atoms with Crippen molar-refractivity contribution in [1.29, 1.82) is 0 Å². The Labute approximate surface area is 188 Å². The molecule has 0 amide bonds. The maximum atomic E-state index is 15.0.